The monoisotopic (exact) mass is 217 g/mol. The Bertz CT molecular complexity index is 413. The Morgan fingerprint density at radius 2 is 2.12 bits per heavy atom. The summed E-state index contributed by atoms with van der Waals surface area (Å²) in [5, 5.41) is 3.40. The molecular weight excluding hydrogens is 202 g/mol. The maximum absolute atomic E-state index is 5.33. The first kappa shape index (κ1) is 10.8. The summed E-state index contributed by atoms with van der Waals surface area (Å²) in [6, 6.07) is 4.16. The molecule has 4 nitrogen and oxygen atoms in total. The van der Waals surface area contributed by atoms with Gasteiger partial charge in [0.05, 0.1) is 18.0 Å². The number of rotatable bonds is 4. The Balaban J connectivity index is 2.00. The van der Waals surface area contributed by atoms with Gasteiger partial charge in [-0.2, -0.15) is 0 Å². The summed E-state index contributed by atoms with van der Waals surface area (Å²) in [4.78, 5) is 8.31. The second-order valence-corrected chi connectivity index (χ2v) is 3.76. The van der Waals surface area contributed by atoms with Crippen LogP contribution in [0, 0.1) is 0 Å². The molecule has 0 saturated heterocycles. The van der Waals surface area contributed by atoms with Crippen LogP contribution in [-0.2, 0) is 0 Å². The lowest BCUT2D eigenvalue weighted by atomic mass is 10.2. The Labute approximate surface area is 94.7 Å². The smallest absolute Gasteiger partial charge is 0.120 e. The van der Waals surface area contributed by atoms with Crippen molar-refractivity contribution in [2.45, 2.75) is 25.9 Å². The first-order valence-corrected chi connectivity index (χ1v) is 5.32. The number of aromatic nitrogens is 2. The molecular formula is C12H15N3O. The summed E-state index contributed by atoms with van der Waals surface area (Å²) in [5.74, 6) is 0.927. The van der Waals surface area contributed by atoms with Gasteiger partial charge >= 0.3 is 0 Å². The van der Waals surface area contributed by atoms with E-state index >= 15 is 0 Å². The largest absolute Gasteiger partial charge is 0.468 e. The van der Waals surface area contributed by atoms with E-state index in [4.69, 9.17) is 4.42 Å². The van der Waals surface area contributed by atoms with E-state index in [-0.39, 0.29) is 12.1 Å². The van der Waals surface area contributed by atoms with Crippen molar-refractivity contribution in [3.63, 3.8) is 0 Å². The van der Waals surface area contributed by atoms with Crippen molar-refractivity contribution >= 4 is 0 Å². The van der Waals surface area contributed by atoms with Gasteiger partial charge < -0.3 is 4.42 Å². The first-order valence-electron chi connectivity index (χ1n) is 5.32. The Morgan fingerprint density at radius 1 is 1.25 bits per heavy atom. The van der Waals surface area contributed by atoms with Gasteiger partial charge in [-0.1, -0.05) is 0 Å². The molecule has 2 heterocycles. The van der Waals surface area contributed by atoms with Gasteiger partial charge in [-0.25, -0.2) is 0 Å². The lowest BCUT2D eigenvalue weighted by Gasteiger charge is -2.17. The first-order chi connectivity index (χ1) is 7.77. The summed E-state index contributed by atoms with van der Waals surface area (Å²) < 4.78 is 5.33. The van der Waals surface area contributed by atoms with E-state index in [9.17, 15) is 0 Å². The molecule has 2 atom stereocenters. The molecule has 0 saturated carbocycles. The average molecular weight is 217 g/mol. The normalized spacial score (nSPS) is 14.6. The molecule has 0 aromatic carbocycles. The highest BCUT2D eigenvalue weighted by Crippen LogP contribution is 2.17. The number of hydrogen-bond donors (Lipinski definition) is 1. The molecule has 0 aliphatic carbocycles. The highest BCUT2D eigenvalue weighted by atomic mass is 16.3. The van der Waals surface area contributed by atoms with Gasteiger partial charge in [0.15, 0.2) is 0 Å². The van der Waals surface area contributed by atoms with E-state index in [0.29, 0.717) is 0 Å². The summed E-state index contributed by atoms with van der Waals surface area (Å²) in [6.07, 6.45) is 6.82. The van der Waals surface area contributed by atoms with Crippen molar-refractivity contribution in [2.75, 3.05) is 0 Å². The molecule has 2 aromatic heterocycles. The highest BCUT2D eigenvalue weighted by molar-refractivity contribution is 5.06. The lowest BCUT2D eigenvalue weighted by Crippen LogP contribution is -2.22. The summed E-state index contributed by atoms with van der Waals surface area (Å²) in [7, 11) is 0. The topological polar surface area (TPSA) is 51.0 Å². The third-order valence-corrected chi connectivity index (χ3v) is 2.50. The van der Waals surface area contributed by atoms with Crippen LogP contribution >= 0.6 is 0 Å². The Morgan fingerprint density at radius 3 is 2.75 bits per heavy atom. The van der Waals surface area contributed by atoms with Gasteiger partial charge in [-0.15, -0.1) is 0 Å². The molecule has 1 N–H and O–H groups in total. The van der Waals surface area contributed by atoms with Crippen molar-refractivity contribution < 1.29 is 4.42 Å². The molecule has 0 radical (unpaired) electrons. The lowest BCUT2D eigenvalue weighted by molar-refractivity contribution is 0.399. The Kier molecular flexibility index (Phi) is 3.31. The van der Waals surface area contributed by atoms with Gasteiger partial charge in [-0.3, -0.25) is 15.3 Å². The second-order valence-electron chi connectivity index (χ2n) is 3.76. The maximum Gasteiger partial charge on any atom is 0.120 e. The van der Waals surface area contributed by atoms with Crippen LogP contribution in [0.25, 0.3) is 0 Å². The quantitative estimate of drug-likeness (QED) is 0.854. The van der Waals surface area contributed by atoms with E-state index < -0.39 is 0 Å². The van der Waals surface area contributed by atoms with Crippen molar-refractivity contribution in [1.29, 1.82) is 0 Å². The molecule has 84 valence electrons. The van der Waals surface area contributed by atoms with Gasteiger partial charge in [0, 0.05) is 24.6 Å². The van der Waals surface area contributed by atoms with Crippen LogP contribution in [0.4, 0.5) is 0 Å². The predicted molar refractivity (Wildman–Crippen MR) is 60.7 cm³/mol. The SMILES string of the molecule is CC(NC(C)c1ccco1)c1cnccn1. The molecule has 2 unspecified atom stereocenters. The summed E-state index contributed by atoms with van der Waals surface area (Å²) in [5.41, 5.74) is 0.931. The molecule has 0 spiro atoms. The number of furan rings is 1. The van der Waals surface area contributed by atoms with Crippen LogP contribution in [0.15, 0.2) is 41.4 Å². The van der Waals surface area contributed by atoms with Gasteiger partial charge in [0.2, 0.25) is 0 Å². The molecule has 0 amide bonds. The fourth-order valence-electron chi connectivity index (χ4n) is 1.61. The third-order valence-electron chi connectivity index (χ3n) is 2.50. The summed E-state index contributed by atoms with van der Waals surface area (Å²) >= 11 is 0. The molecule has 2 aromatic rings. The fourth-order valence-corrected chi connectivity index (χ4v) is 1.61. The van der Waals surface area contributed by atoms with Crippen molar-refractivity contribution in [3.8, 4) is 0 Å². The minimum atomic E-state index is 0.147. The zero-order chi connectivity index (χ0) is 11.4. The van der Waals surface area contributed by atoms with E-state index in [0.717, 1.165) is 11.5 Å². The average Bonchev–Trinajstić information content (AvgIpc) is 2.83. The zero-order valence-electron chi connectivity index (χ0n) is 9.42. The van der Waals surface area contributed by atoms with Gasteiger partial charge in [0.1, 0.15) is 5.76 Å². The third kappa shape index (κ3) is 2.46. The van der Waals surface area contributed by atoms with Crippen LogP contribution in [0.2, 0.25) is 0 Å². The number of nitrogens with zero attached hydrogens (tertiary/aromatic N) is 2. The van der Waals surface area contributed by atoms with E-state index in [2.05, 4.69) is 29.1 Å². The van der Waals surface area contributed by atoms with Crippen LogP contribution < -0.4 is 5.32 Å². The van der Waals surface area contributed by atoms with Gasteiger partial charge in [-0.05, 0) is 26.0 Å². The predicted octanol–water partition coefficient (Wildman–Crippen LogP) is 2.48. The molecule has 4 heteroatoms. The standard InChI is InChI=1S/C12H15N3O/c1-9(11-8-13-5-6-14-11)15-10(2)12-4-3-7-16-12/h3-10,15H,1-2H3. The minimum Gasteiger partial charge on any atom is -0.468 e. The van der Waals surface area contributed by atoms with Crippen LogP contribution in [-0.4, -0.2) is 9.97 Å². The van der Waals surface area contributed by atoms with E-state index in [1.165, 1.54) is 0 Å². The van der Waals surface area contributed by atoms with Crippen molar-refractivity contribution in [2.24, 2.45) is 0 Å². The fraction of sp³-hybridized carbons (Fsp3) is 0.333. The zero-order valence-corrected chi connectivity index (χ0v) is 9.42. The van der Waals surface area contributed by atoms with Crippen LogP contribution in [0.5, 0.6) is 0 Å². The molecule has 0 aliphatic heterocycles. The molecule has 0 bridgehead atoms. The number of hydrogen-bond acceptors (Lipinski definition) is 4. The molecule has 0 aliphatic rings. The second kappa shape index (κ2) is 4.90. The minimum absolute atomic E-state index is 0.147. The van der Waals surface area contributed by atoms with Crippen molar-refractivity contribution in [3.05, 3.63) is 48.4 Å². The van der Waals surface area contributed by atoms with E-state index in [1.807, 2.05) is 12.1 Å². The molecule has 16 heavy (non-hydrogen) atoms. The maximum atomic E-state index is 5.33. The van der Waals surface area contributed by atoms with Crippen LogP contribution in [0.1, 0.15) is 37.4 Å². The van der Waals surface area contributed by atoms with Crippen LogP contribution in [0.3, 0.4) is 0 Å². The van der Waals surface area contributed by atoms with Crippen molar-refractivity contribution in [1.82, 2.24) is 15.3 Å². The number of nitrogens with one attached hydrogen (secondary N) is 1. The summed E-state index contributed by atoms with van der Waals surface area (Å²) in [6.45, 7) is 4.12. The molecule has 0 fully saturated rings. The van der Waals surface area contributed by atoms with E-state index in [1.54, 1.807) is 24.9 Å². The highest BCUT2D eigenvalue weighted by Gasteiger charge is 2.13. The van der Waals surface area contributed by atoms with Gasteiger partial charge in [0.25, 0.3) is 0 Å². The Hall–Kier alpha value is -1.68. The molecule has 2 rings (SSSR count).